The van der Waals surface area contributed by atoms with E-state index in [2.05, 4.69) is 5.32 Å². The largest absolute Gasteiger partial charge is 0.344 e. The molecule has 0 aliphatic carbocycles. The van der Waals surface area contributed by atoms with Gasteiger partial charge in [0.25, 0.3) is 5.24 Å². The third kappa shape index (κ3) is 1.09. The third-order valence-electron chi connectivity index (χ3n) is 0.829. The molecular formula is C4H7NOS. The van der Waals surface area contributed by atoms with Gasteiger partial charge < -0.3 is 5.32 Å². The van der Waals surface area contributed by atoms with E-state index in [4.69, 9.17) is 0 Å². The third-order valence-corrected chi connectivity index (χ3v) is 1.88. The minimum Gasteiger partial charge on any atom is -0.344 e. The summed E-state index contributed by atoms with van der Waals surface area (Å²) < 4.78 is 0. The summed E-state index contributed by atoms with van der Waals surface area (Å²) in [6, 6.07) is 0.387. The van der Waals surface area contributed by atoms with Gasteiger partial charge in [-0.15, -0.1) is 0 Å². The van der Waals surface area contributed by atoms with Gasteiger partial charge in [-0.1, -0.05) is 11.8 Å². The molecule has 1 aliphatic heterocycles. The maximum Gasteiger partial charge on any atom is 0.279 e. The Hall–Kier alpha value is -0.180. The quantitative estimate of drug-likeness (QED) is 0.509. The van der Waals surface area contributed by atoms with Crippen molar-refractivity contribution in [3.63, 3.8) is 0 Å². The molecule has 7 heavy (non-hydrogen) atoms. The molecule has 0 aromatic rings. The van der Waals surface area contributed by atoms with Crippen molar-refractivity contribution >= 4 is 17.0 Å². The monoisotopic (exact) mass is 117 g/mol. The molecule has 3 heteroatoms. The van der Waals surface area contributed by atoms with E-state index in [0.29, 0.717) is 6.04 Å². The zero-order valence-corrected chi connectivity index (χ0v) is 4.92. The maximum absolute atomic E-state index is 10.3. The van der Waals surface area contributed by atoms with Crippen molar-refractivity contribution < 1.29 is 4.79 Å². The van der Waals surface area contributed by atoms with Gasteiger partial charge >= 0.3 is 0 Å². The number of thioether (sulfide) groups is 1. The summed E-state index contributed by atoms with van der Waals surface area (Å²) in [5, 5.41) is 2.86. The lowest BCUT2D eigenvalue weighted by atomic mass is 10.4. The molecule has 1 saturated heterocycles. The first-order valence-corrected chi connectivity index (χ1v) is 3.21. The number of hydrogen-bond donors (Lipinski definition) is 1. The lowest BCUT2D eigenvalue weighted by Crippen LogP contribution is -2.21. The van der Waals surface area contributed by atoms with Crippen LogP contribution in [0.3, 0.4) is 0 Å². The first-order valence-electron chi connectivity index (χ1n) is 2.22. The predicted molar refractivity (Wildman–Crippen MR) is 30.5 cm³/mol. The summed E-state index contributed by atoms with van der Waals surface area (Å²) in [6.45, 7) is 2.00. The second-order valence-electron chi connectivity index (χ2n) is 1.64. The van der Waals surface area contributed by atoms with Crippen LogP contribution in [0.25, 0.3) is 0 Å². The minimum absolute atomic E-state index is 0.118. The standard InChI is InChI=1S/C4H7NOS/c1-3-2-7-4(6)5-3/h3H,2H2,1H3,(H,5,6)/t3-/m1/s1. The van der Waals surface area contributed by atoms with E-state index in [0.717, 1.165) is 5.75 Å². The fourth-order valence-corrected chi connectivity index (χ4v) is 1.25. The van der Waals surface area contributed by atoms with E-state index in [9.17, 15) is 4.79 Å². The van der Waals surface area contributed by atoms with Gasteiger partial charge in [0, 0.05) is 11.8 Å². The summed E-state index contributed by atoms with van der Waals surface area (Å²) in [7, 11) is 0. The van der Waals surface area contributed by atoms with Crippen molar-refractivity contribution in [2.75, 3.05) is 5.75 Å². The minimum atomic E-state index is 0.118. The van der Waals surface area contributed by atoms with Crippen molar-refractivity contribution in [3.05, 3.63) is 0 Å². The van der Waals surface area contributed by atoms with Crippen molar-refractivity contribution in [2.45, 2.75) is 13.0 Å². The number of hydrogen-bond acceptors (Lipinski definition) is 2. The van der Waals surface area contributed by atoms with Crippen LogP contribution in [0.2, 0.25) is 0 Å². The fraction of sp³-hybridized carbons (Fsp3) is 0.750. The molecule has 1 heterocycles. The van der Waals surface area contributed by atoms with Gasteiger partial charge in [0.1, 0.15) is 0 Å². The fourth-order valence-electron chi connectivity index (χ4n) is 0.485. The van der Waals surface area contributed by atoms with Gasteiger partial charge in [-0.25, -0.2) is 0 Å². The van der Waals surface area contributed by atoms with Gasteiger partial charge in [-0.2, -0.15) is 0 Å². The van der Waals surface area contributed by atoms with Crippen LogP contribution in [0.4, 0.5) is 4.79 Å². The Morgan fingerprint density at radius 1 is 2.00 bits per heavy atom. The Balaban J connectivity index is 2.40. The molecule has 1 aliphatic rings. The molecule has 1 atom stereocenters. The first-order chi connectivity index (χ1) is 3.29. The zero-order chi connectivity index (χ0) is 5.28. The van der Waals surface area contributed by atoms with Crippen molar-refractivity contribution in [1.82, 2.24) is 5.32 Å². The second-order valence-corrected chi connectivity index (χ2v) is 2.64. The molecule has 1 N–H and O–H groups in total. The number of carbonyl (C=O) groups is 1. The van der Waals surface area contributed by atoms with E-state index in [1.807, 2.05) is 6.92 Å². The molecule has 0 aromatic heterocycles. The lowest BCUT2D eigenvalue weighted by Gasteiger charge is -1.94. The summed E-state index contributed by atoms with van der Waals surface area (Å²) in [4.78, 5) is 10.3. The number of rotatable bonds is 0. The molecule has 0 bridgehead atoms. The second kappa shape index (κ2) is 1.74. The molecule has 1 fully saturated rings. The topological polar surface area (TPSA) is 29.1 Å². The van der Waals surface area contributed by atoms with Crippen LogP contribution in [0.1, 0.15) is 6.92 Å². The summed E-state index contributed by atoms with van der Waals surface area (Å²) in [5.41, 5.74) is 0. The highest BCUT2D eigenvalue weighted by Crippen LogP contribution is 2.11. The maximum atomic E-state index is 10.3. The molecular weight excluding hydrogens is 110 g/mol. The first kappa shape index (κ1) is 4.97. The van der Waals surface area contributed by atoms with Crippen LogP contribution in [-0.4, -0.2) is 17.0 Å². The molecule has 2 nitrogen and oxygen atoms in total. The molecule has 0 unspecified atom stereocenters. The normalized spacial score (nSPS) is 30.4. The zero-order valence-electron chi connectivity index (χ0n) is 4.10. The Morgan fingerprint density at radius 3 is 2.86 bits per heavy atom. The lowest BCUT2D eigenvalue weighted by molar-refractivity contribution is 0.260. The molecule has 1 amide bonds. The average Bonchev–Trinajstić information content (AvgIpc) is 1.87. The van der Waals surface area contributed by atoms with Crippen LogP contribution >= 0.6 is 11.8 Å². The van der Waals surface area contributed by atoms with Crippen LogP contribution in [0, 0.1) is 0 Å². The highest BCUT2D eigenvalue weighted by molar-refractivity contribution is 8.13. The molecule has 0 spiro atoms. The van der Waals surface area contributed by atoms with Gasteiger partial charge in [-0.3, -0.25) is 4.79 Å². The summed E-state index contributed by atoms with van der Waals surface area (Å²) >= 11 is 1.36. The van der Waals surface area contributed by atoms with E-state index in [-0.39, 0.29) is 5.24 Å². The van der Waals surface area contributed by atoms with Crippen LogP contribution in [0.5, 0.6) is 0 Å². The van der Waals surface area contributed by atoms with Gasteiger partial charge in [-0.05, 0) is 6.92 Å². The summed E-state index contributed by atoms with van der Waals surface area (Å²) in [5.74, 6) is 0.929. The van der Waals surface area contributed by atoms with Crippen molar-refractivity contribution in [2.24, 2.45) is 0 Å². The van der Waals surface area contributed by atoms with Gasteiger partial charge in [0.2, 0.25) is 0 Å². The van der Waals surface area contributed by atoms with Gasteiger partial charge in [0.05, 0.1) is 0 Å². The smallest absolute Gasteiger partial charge is 0.279 e. The van der Waals surface area contributed by atoms with E-state index in [1.54, 1.807) is 0 Å². The number of nitrogens with one attached hydrogen (secondary N) is 1. The highest BCUT2D eigenvalue weighted by Gasteiger charge is 2.15. The Morgan fingerprint density at radius 2 is 2.71 bits per heavy atom. The Kier molecular flexibility index (Phi) is 1.23. The molecule has 0 saturated carbocycles. The van der Waals surface area contributed by atoms with E-state index >= 15 is 0 Å². The van der Waals surface area contributed by atoms with Crippen molar-refractivity contribution in [1.29, 1.82) is 0 Å². The number of carbonyl (C=O) groups excluding carboxylic acids is 1. The van der Waals surface area contributed by atoms with Crippen LogP contribution in [-0.2, 0) is 0 Å². The molecule has 0 aromatic carbocycles. The predicted octanol–water partition coefficient (Wildman–Crippen LogP) is 0.831. The SMILES string of the molecule is C[C@@H]1CSC(=O)N1. The van der Waals surface area contributed by atoms with Crippen LogP contribution in [0.15, 0.2) is 0 Å². The van der Waals surface area contributed by atoms with E-state index < -0.39 is 0 Å². The van der Waals surface area contributed by atoms with Gasteiger partial charge in [0.15, 0.2) is 0 Å². The number of amides is 1. The summed E-state index contributed by atoms with van der Waals surface area (Å²) in [6.07, 6.45) is 0. The Bertz CT molecular complexity index is 93.7. The highest BCUT2D eigenvalue weighted by atomic mass is 32.2. The Labute approximate surface area is 46.7 Å². The van der Waals surface area contributed by atoms with E-state index in [1.165, 1.54) is 11.8 Å². The van der Waals surface area contributed by atoms with Crippen molar-refractivity contribution in [3.8, 4) is 0 Å². The molecule has 40 valence electrons. The van der Waals surface area contributed by atoms with Crippen LogP contribution < -0.4 is 5.32 Å². The molecule has 1 rings (SSSR count). The molecule has 0 radical (unpaired) electrons. The average molecular weight is 117 g/mol.